The van der Waals surface area contributed by atoms with Gasteiger partial charge in [0, 0.05) is 19.2 Å². The van der Waals surface area contributed by atoms with Crippen LogP contribution in [0.5, 0.6) is 0 Å². The van der Waals surface area contributed by atoms with E-state index in [0.29, 0.717) is 5.69 Å². The molecule has 2 unspecified atom stereocenters. The Labute approximate surface area is 113 Å². The Morgan fingerprint density at radius 1 is 1.42 bits per heavy atom. The van der Waals surface area contributed by atoms with Gasteiger partial charge >= 0.3 is 0 Å². The maximum Gasteiger partial charge on any atom is 0.292 e. The van der Waals surface area contributed by atoms with Crippen molar-refractivity contribution in [3.63, 3.8) is 0 Å². The summed E-state index contributed by atoms with van der Waals surface area (Å²) in [7, 11) is 1.72. The highest BCUT2D eigenvalue weighted by molar-refractivity contribution is 5.63. The van der Waals surface area contributed by atoms with Crippen LogP contribution in [0.2, 0.25) is 0 Å². The minimum absolute atomic E-state index is 0.152. The lowest BCUT2D eigenvalue weighted by atomic mass is 9.92. The maximum atomic E-state index is 11.1. The van der Waals surface area contributed by atoms with Crippen molar-refractivity contribution in [1.82, 2.24) is 0 Å². The molecule has 1 aromatic rings. The third-order valence-electron chi connectivity index (χ3n) is 3.67. The number of aryl methyl sites for hydroxylation is 1. The zero-order chi connectivity index (χ0) is 13.8. The summed E-state index contributed by atoms with van der Waals surface area (Å²) in [4.78, 5) is 10.7. The molecule has 5 nitrogen and oxygen atoms in total. The van der Waals surface area contributed by atoms with Crippen LogP contribution >= 0.6 is 0 Å². The van der Waals surface area contributed by atoms with E-state index >= 15 is 0 Å². The number of nitrogens with one attached hydrogen (secondary N) is 1. The molecule has 1 aromatic carbocycles. The molecule has 1 N–H and O–H groups in total. The molecule has 0 amide bonds. The lowest BCUT2D eigenvalue weighted by Crippen LogP contribution is -2.31. The van der Waals surface area contributed by atoms with E-state index < -0.39 is 0 Å². The molecule has 104 valence electrons. The Morgan fingerprint density at radius 3 is 2.89 bits per heavy atom. The van der Waals surface area contributed by atoms with Crippen LogP contribution in [0.1, 0.15) is 31.2 Å². The second-order valence-electron chi connectivity index (χ2n) is 5.14. The number of benzene rings is 1. The minimum Gasteiger partial charge on any atom is -0.381 e. The zero-order valence-corrected chi connectivity index (χ0v) is 11.4. The summed E-state index contributed by atoms with van der Waals surface area (Å²) in [6, 6.07) is 5.55. The van der Waals surface area contributed by atoms with Crippen molar-refractivity contribution in [2.45, 2.75) is 44.8 Å². The number of hydrogen-bond acceptors (Lipinski definition) is 4. The van der Waals surface area contributed by atoms with Gasteiger partial charge < -0.3 is 10.1 Å². The molecule has 0 bridgehead atoms. The lowest BCUT2D eigenvalue weighted by molar-refractivity contribution is -0.384. The Bertz CT molecular complexity index is 462. The molecule has 1 fully saturated rings. The topological polar surface area (TPSA) is 64.4 Å². The van der Waals surface area contributed by atoms with Gasteiger partial charge in [0.1, 0.15) is 5.69 Å². The van der Waals surface area contributed by atoms with Gasteiger partial charge in [-0.15, -0.1) is 0 Å². The van der Waals surface area contributed by atoms with E-state index in [-0.39, 0.29) is 22.8 Å². The van der Waals surface area contributed by atoms with Gasteiger partial charge in [-0.1, -0.05) is 6.07 Å². The van der Waals surface area contributed by atoms with Crippen molar-refractivity contribution >= 4 is 11.4 Å². The van der Waals surface area contributed by atoms with Crippen LogP contribution in [-0.2, 0) is 4.74 Å². The number of ether oxygens (including phenoxy) is 1. The molecule has 0 heterocycles. The van der Waals surface area contributed by atoms with E-state index in [1.807, 2.05) is 13.0 Å². The third kappa shape index (κ3) is 3.44. The predicted octanol–water partition coefficient (Wildman–Crippen LogP) is 3.27. The van der Waals surface area contributed by atoms with Gasteiger partial charge in [-0.2, -0.15) is 0 Å². The number of anilines is 1. The molecule has 0 saturated heterocycles. The fraction of sp³-hybridized carbons (Fsp3) is 0.571. The molecule has 0 aromatic heterocycles. The quantitative estimate of drug-likeness (QED) is 0.669. The Kier molecular flexibility index (Phi) is 4.37. The fourth-order valence-electron chi connectivity index (χ4n) is 2.62. The Balaban J connectivity index is 2.12. The SMILES string of the molecule is COC1CCCC(Nc2ccc(C)cc2[N+](=O)[O-])C1. The Hall–Kier alpha value is -1.62. The minimum atomic E-state index is -0.327. The second kappa shape index (κ2) is 6.02. The van der Waals surface area contributed by atoms with Gasteiger partial charge in [0.2, 0.25) is 0 Å². The zero-order valence-electron chi connectivity index (χ0n) is 11.4. The van der Waals surface area contributed by atoms with Crippen molar-refractivity contribution in [1.29, 1.82) is 0 Å². The first-order valence-electron chi connectivity index (χ1n) is 6.64. The molecule has 2 rings (SSSR count). The predicted molar refractivity (Wildman–Crippen MR) is 74.5 cm³/mol. The molecule has 1 aliphatic rings. The molecule has 0 spiro atoms. The normalized spacial score (nSPS) is 23.1. The van der Waals surface area contributed by atoms with E-state index in [0.717, 1.165) is 31.2 Å². The molecule has 5 heteroatoms. The number of nitrogens with zero attached hydrogens (tertiary/aromatic N) is 1. The van der Waals surface area contributed by atoms with E-state index in [9.17, 15) is 10.1 Å². The monoisotopic (exact) mass is 264 g/mol. The first-order valence-corrected chi connectivity index (χ1v) is 6.64. The van der Waals surface area contributed by atoms with E-state index in [4.69, 9.17) is 4.74 Å². The summed E-state index contributed by atoms with van der Waals surface area (Å²) < 4.78 is 5.38. The lowest BCUT2D eigenvalue weighted by Gasteiger charge is -2.29. The van der Waals surface area contributed by atoms with Gasteiger partial charge in [-0.25, -0.2) is 0 Å². The fourth-order valence-corrected chi connectivity index (χ4v) is 2.62. The van der Waals surface area contributed by atoms with Crippen molar-refractivity contribution < 1.29 is 9.66 Å². The summed E-state index contributed by atoms with van der Waals surface area (Å²) in [5.74, 6) is 0. The van der Waals surface area contributed by atoms with Gasteiger partial charge in [0.25, 0.3) is 5.69 Å². The van der Waals surface area contributed by atoms with Crippen LogP contribution in [0.4, 0.5) is 11.4 Å². The summed E-state index contributed by atoms with van der Waals surface area (Å²) in [5, 5.41) is 14.4. The Morgan fingerprint density at radius 2 is 2.21 bits per heavy atom. The summed E-state index contributed by atoms with van der Waals surface area (Å²) >= 11 is 0. The molecular weight excluding hydrogens is 244 g/mol. The number of rotatable bonds is 4. The summed E-state index contributed by atoms with van der Waals surface area (Å²) in [6.07, 6.45) is 4.36. The van der Waals surface area contributed by atoms with Gasteiger partial charge in [-0.05, 0) is 44.2 Å². The number of nitro groups is 1. The molecule has 0 radical (unpaired) electrons. The molecule has 2 atom stereocenters. The summed E-state index contributed by atoms with van der Waals surface area (Å²) in [6.45, 7) is 1.86. The van der Waals surface area contributed by atoms with Crippen molar-refractivity contribution in [2.24, 2.45) is 0 Å². The average Bonchev–Trinajstić information content (AvgIpc) is 2.41. The first-order chi connectivity index (χ1) is 9.10. The van der Waals surface area contributed by atoms with Gasteiger partial charge in [0.15, 0.2) is 0 Å². The number of methoxy groups -OCH3 is 1. The van der Waals surface area contributed by atoms with E-state index in [1.165, 1.54) is 0 Å². The van der Waals surface area contributed by atoms with Crippen LogP contribution in [0, 0.1) is 17.0 Å². The van der Waals surface area contributed by atoms with Gasteiger partial charge in [0.05, 0.1) is 11.0 Å². The van der Waals surface area contributed by atoms with Crippen LogP contribution in [0.25, 0.3) is 0 Å². The van der Waals surface area contributed by atoms with Crippen LogP contribution in [0.3, 0.4) is 0 Å². The van der Waals surface area contributed by atoms with E-state index in [2.05, 4.69) is 5.32 Å². The summed E-state index contributed by atoms with van der Waals surface area (Å²) in [5.41, 5.74) is 1.66. The van der Waals surface area contributed by atoms with E-state index in [1.54, 1.807) is 19.2 Å². The highest BCUT2D eigenvalue weighted by atomic mass is 16.6. The maximum absolute atomic E-state index is 11.1. The molecule has 1 aliphatic carbocycles. The second-order valence-corrected chi connectivity index (χ2v) is 5.14. The van der Waals surface area contributed by atoms with Crippen molar-refractivity contribution in [3.8, 4) is 0 Å². The average molecular weight is 264 g/mol. The van der Waals surface area contributed by atoms with Crippen LogP contribution in [0.15, 0.2) is 18.2 Å². The van der Waals surface area contributed by atoms with Gasteiger partial charge in [-0.3, -0.25) is 10.1 Å². The standard InChI is InChI=1S/C14H20N2O3/c1-10-6-7-13(14(8-10)16(17)18)15-11-4-3-5-12(9-11)19-2/h6-8,11-12,15H,3-5,9H2,1-2H3. The molecule has 1 saturated carbocycles. The molecular formula is C14H20N2O3. The largest absolute Gasteiger partial charge is 0.381 e. The highest BCUT2D eigenvalue weighted by Crippen LogP contribution is 2.29. The molecule has 19 heavy (non-hydrogen) atoms. The number of nitro benzene ring substituents is 1. The first kappa shape index (κ1) is 13.8. The van der Waals surface area contributed by atoms with Crippen molar-refractivity contribution in [3.05, 3.63) is 33.9 Å². The highest BCUT2D eigenvalue weighted by Gasteiger charge is 2.24. The van der Waals surface area contributed by atoms with Crippen LogP contribution in [-0.4, -0.2) is 24.2 Å². The number of hydrogen-bond donors (Lipinski definition) is 1. The smallest absolute Gasteiger partial charge is 0.292 e. The van der Waals surface area contributed by atoms with Crippen LogP contribution < -0.4 is 5.32 Å². The third-order valence-corrected chi connectivity index (χ3v) is 3.67. The van der Waals surface area contributed by atoms with Crippen molar-refractivity contribution in [2.75, 3.05) is 12.4 Å². The molecule has 0 aliphatic heterocycles.